The molecule has 1 aliphatic carbocycles. The van der Waals surface area contributed by atoms with Crippen molar-refractivity contribution < 1.29 is 22.5 Å². The summed E-state index contributed by atoms with van der Waals surface area (Å²) >= 11 is 0. The summed E-state index contributed by atoms with van der Waals surface area (Å²) in [6.45, 7) is 4.24. The number of carbonyl (C=O) groups is 1. The molecule has 0 radical (unpaired) electrons. The minimum atomic E-state index is -4.50. The van der Waals surface area contributed by atoms with Gasteiger partial charge in [-0.2, -0.15) is 18.3 Å². The molecule has 2 aromatic rings. The highest BCUT2D eigenvalue weighted by atomic mass is 19.4. The van der Waals surface area contributed by atoms with Gasteiger partial charge in [0.2, 0.25) is 5.91 Å². The van der Waals surface area contributed by atoms with Crippen molar-refractivity contribution in [1.29, 1.82) is 0 Å². The zero-order valence-electron chi connectivity index (χ0n) is 16.7. The zero-order valence-corrected chi connectivity index (χ0v) is 16.7. The molecular formula is C20H25F3N4O2. The smallest absolute Gasteiger partial charge is 0.361 e. The molecule has 2 aliphatic rings. The third-order valence-electron chi connectivity index (χ3n) is 6.02. The molecule has 0 aromatic carbocycles. The second-order valence-corrected chi connectivity index (χ2v) is 7.84. The molecule has 3 heterocycles. The lowest BCUT2D eigenvalue weighted by Gasteiger charge is -2.25. The molecule has 158 valence electrons. The lowest BCUT2D eigenvalue weighted by atomic mass is 9.95. The predicted octanol–water partition coefficient (Wildman–Crippen LogP) is 4.00. The van der Waals surface area contributed by atoms with Gasteiger partial charge in [0.05, 0.1) is 11.7 Å². The molecule has 6 nitrogen and oxygen atoms in total. The van der Waals surface area contributed by atoms with Crippen molar-refractivity contribution in [3.63, 3.8) is 0 Å². The summed E-state index contributed by atoms with van der Waals surface area (Å²) in [7, 11) is 0. The first kappa shape index (κ1) is 20.0. The number of likely N-dealkylation sites (tertiary alicyclic amines) is 1. The van der Waals surface area contributed by atoms with E-state index in [1.54, 1.807) is 4.90 Å². The number of nitrogens with zero attached hydrogens (tertiary/aromatic N) is 4. The number of fused-ring (bicyclic) bond motifs is 1. The SMILES string of the molecule is CCc1onc(C)c1[C@H]1CCCN1C(=O)Cn1nc(C(F)(F)F)c2c1CCCC2. The molecule has 1 amide bonds. The van der Waals surface area contributed by atoms with Crippen LogP contribution in [0.25, 0.3) is 0 Å². The van der Waals surface area contributed by atoms with Crippen LogP contribution in [0.2, 0.25) is 0 Å². The van der Waals surface area contributed by atoms with Crippen LogP contribution in [0.15, 0.2) is 4.52 Å². The molecule has 2 aromatic heterocycles. The topological polar surface area (TPSA) is 64.2 Å². The highest BCUT2D eigenvalue weighted by molar-refractivity contribution is 5.77. The summed E-state index contributed by atoms with van der Waals surface area (Å²) in [6, 6.07) is -0.142. The number of halogens is 3. The zero-order chi connectivity index (χ0) is 20.8. The average Bonchev–Trinajstić information content (AvgIpc) is 3.38. The fourth-order valence-electron chi connectivity index (χ4n) is 4.72. The Labute approximate surface area is 167 Å². The fourth-order valence-corrected chi connectivity index (χ4v) is 4.72. The highest BCUT2D eigenvalue weighted by Gasteiger charge is 2.40. The standard InChI is InChI=1S/C20H25F3N4O2/c1-3-16-18(12(2)25-29-16)15-9-6-10-26(15)17(28)11-27-14-8-5-4-7-13(14)19(24-27)20(21,22)23/h15H,3-11H2,1-2H3/t15-/m1/s1. The molecule has 0 bridgehead atoms. The Morgan fingerprint density at radius 1 is 1.24 bits per heavy atom. The largest absolute Gasteiger partial charge is 0.435 e. The molecular weight excluding hydrogens is 385 g/mol. The van der Waals surface area contributed by atoms with Crippen molar-refractivity contribution in [2.24, 2.45) is 0 Å². The van der Waals surface area contributed by atoms with Crippen molar-refractivity contribution in [2.45, 2.75) is 77.6 Å². The molecule has 4 rings (SSSR count). The van der Waals surface area contributed by atoms with Crippen LogP contribution in [0.4, 0.5) is 13.2 Å². The van der Waals surface area contributed by atoms with Gasteiger partial charge < -0.3 is 9.42 Å². The first-order valence-electron chi connectivity index (χ1n) is 10.2. The molecule has 0 N–H and O–H groups in total. The van der Waals surface area contributed by atoms with Crippen molar-refractivity contribution in [3.8, 4) is 0 Å². The van der Waals surface area contributed by atoms with Crippen molar-refractivity contribution >= 4 is 5.91 Å². The monoisotopic (exact) mass is 410 g/mol. The van der Waals surface area contributed by atoms with Gasteiger partial charge in [0.1, 0.15) is 12.3 Å². The Kier molecular flexibility index (Phi) is 5.16. The van der Waals surface area contributed by atoms with E-state index in [9.17, 15) is 18.0 Å². The van der Waals surface area contributed by atoms with Gasteiger partial charge in [-0.15, -0.1) is 0 Å². The van der Waals surface area contributed by atoms with E-state index >= 15 is 0 Å². The minimum absolute atomic E-state index is 0.142. The number of alkyl halides is 3. The van der Waals surface area contributed by atoms with Crippen LogP contribution in [-0.2, 0) is 36.8 Å². The molecule has 9 heteroatoms. The first-order chi connectivity index (χ1) is 13.8. The van der Waals surface area contributed by atoms with Gasteiger partial charge in [-0.05, 0) is 45.4 Å². The van der Waals surface area contributed by atoms with Gasteiger partial charge in [0, 0.05) is 29.8 Å². The second-order valence-electron chi connectivity index (χ2n) is 7.84. The van der Waals surface area contributed by atoms with Crippen molar-refractivity contribution in [1.82, 2.24) is 19.8 Å². The van der Waals surface area contributed by atoms with E-state index in [1.165, 1.54) is 4.68 Å². The van der Waals surface area contributed by atoms with Crippen LogP contribution in [-0.4, -0.2) is 32.3 Å². The summed E-state index contributed by atoms with van der Waals surface area (Å²) in [5, 5.41) is 7.87. The maximum Gasteiger partial charge on any atom is 0.435 e. The summed E-state index contributed by atoms with van der Waals surface area (Å²) in [4.78, 5) is 14.9. The molecule has 0 saturated carbocycles. The Balaban J connectivity index is 1.61. The molecule has 29 heavy (non-hydrogen) atoms. The van der Waals surface area contributed by atoms with E-state index < -0.39 is 11.9 Å². The quantitative estimate of drug-likeness (QED) is 0.764. The Morgan fingerprint density at radius 3 is 2.72 bits per heavy atom. The molecule has 0 spiro atoms. The Morgan fingerprint density at radius 2 is 2.00 bits per heavy atom. The molecule has 1 atom stereocenters. The van der Waals surface area contributed by atoms with Crippen LogP contribution in [0.1, 0.15) is 72.6 Å². The fraction of sp³-hybridized carbons (Fsp3) is 0.650. The molecule has 0 unspecified atom stereocenters. The van der Waals surface area contributed by atoms with Crippen molar-refractivity contribution in [2.75, 3.05) is 6.54 Å². The number of rotatable bonds is 4. The molecule has 1 aliphatic heterocycles. The van der Waals surface area contributed by atoms with E-state index in [0.29, 0.717) is 31.5 Å². The maximum absolute atomic E-state index is 13.4. The predicted molar refractivity (Wildman–Crippen MR) is 98.2 cm³/mol. The van der Waals surface area contributed by atoms with E-state index in [0.717, 1.165) is 42.7 Å². The first-order valence-corrected chi connectivity index (χ1v) is 10.2. The Hall–Kier alpha value is -2.32. The summed E-state index contributed by atoms with van der Waals surface area (Å²) in [5.74, 6) is 0.558. The highest BCUT2D eigenvalue weighted by Crippen LogP contribution is 2.38. The van der Waals surface area contributed by atoms with Gasteiger partial charge in [0.15, 0.2) is 5.69 Å². The normalized spacial score (nSPS) is 19.6. The van der Waals surface area contributed by atoms with Crippen LogP contribution in [0, 0.1) is 6.92 Å². The van der Waals surface area contributed by atoms with E-state index in [-0.39, 0.29) is 24.1 Å². The molecule has 1 fully saturated rings. The van der Waals surface area contributed by atoms with Gasteiger partial charge >= 0.3 is 6.18 Å². The van der Waals surface area contributed by atoms with Crippen LogP contribution < -0.4 is 0 Å². The van der Waals surface area contributed by atoms with Crippen LogP contribution in [0.5, 0.6) is 0 Å². The van der Waals surface area contributed by atoms with E-state index in [4.69, 9.17) is 4.52 Å². The van der Waals surface area contributed by atoms with Gasteiger partial charge in [-0.3, -0.25) is 9.48 Å². The Bertz CT molecular complexity index is 916. The maximum atomic E-state index is 13.4. The van der Waals surface area contributed by atoms with Crippen LogP contribution in [0.3, 0.4) is 0 Å². The van der Waals surface area contributed by atoms with Gasteiger partial charge in [-0.1, -0.05) is 12.1 Å². The average molecular weight is 410 g/mol. The third-order valence-corrected chi connectivity index (χ3v) is 6.02. The summed E-state index contributed by atoms with van der Waals surface area (Å²) in [6.07, 6.45) is 0.246. The summed E-state index contributed by atoms with van der Waals surface area (Å²) < 4.78 is 46.9. The van der Waals surface area contributed by atoms with Gasteiger partial charge in [0.25, 0.3) is 0 Å². The van der Waals surface area contributed by atoms with Gasteiger partial charge in [-0.25, -0.2) is 0 Å². The number of aryl methyl sites for hydroxylation is 2. The number of hydrogen-bond acceptors (Lipinski definition) is 4. The lowest BCUT2D eigenvalue weighted by molar-refractivity contribution is -0.142. The lowest BCUT2D eigenvalue weighted by Crippen LogP contribution is -2.34. The van der Waals surface area contributed by atoms with Crippen LogP contribution >= 0.6 is 0 Å². The van der Waals surface area contributed by atoms with Crippen molar-refractivity contribution in [3.05, 3.63) is 34.0 Å². The number of hydrogen-bond donors (Lipinski definition) is 0. The minimum Gasteiger partial charge on any atom is -0.361 e. The summed E-state index contributed by atoms with van der Waals surface area (Å²) in [5.41, 5.74) is 1.70. The number of amides is 1. The second kappa shape index (κ2) is 7.50. The van der Waals surface area contributed by atoms with E-state index in [2.05, 4.69) is 10.3 Å². The third kappa shape index (κ3) is 3.55. The number of carbonyl (C=O) groups excluding carboxylic acids is 1. The number of aromatic nitrogens is 3. The molecule has 1 saturated heterocycles. The van der Waals surface area contributed by atoms with E-state index in [1.807, 2.05) is 13.8 Å².